The first-order valence-electron chi connectivity index (χ1n) is 10.3. The highest BCUT2D eigenvalue weighted by molar-refractivity contribution is 6.04. The van der Waals surface area contributed by atoms with E-state index in [9.17, 15) is 4.79 Å². The van der Waals surface area contributed by atoms with Gasteiger partial charge in [-0.3, -0.25) is 4.79 Å². The van der Waals surface area contributed by atoms with Gasteiger partial charge in [0.1, 0.15) is 11.9 Å². The van der Waals surface area contributed by atoms with Gasteiger partial charge in [-0.2, -0.15) is 0 Å². The van der Waals surface area contributed by atoms with Gasteiger partial charge in [0.2, 0.25) is 5.88 Å². The zero-order valence-electron chi connectivity index (χ0n) is 18.1. The quantitative estimate of drug-likeness (QED) is 0.457. The van der Waals surface area contributed by atoms with E-state index in [0.717, 1.165) is 29.0 Å². The van der Waals surface area contributed by atoms with Crippen LogP contribution in [0.25, 0.3) is 0 Å². The summed E-state index contributed by atoms with van der Waals surface area (Å²) in [5, 5.41) is 2.93. The Morgan fingerprint density at radius 2 is 1.87 bits per heavy atom. The van der Waals surface area contributed by atoms with E-state index in [1.165, 1.54) is 6.20 Å². The van der Waals surface area contributed by atoms with E-state index >= 15 is 0 Å². The lowest BCUT2D eigenvalue weighted by Crippen LogP contribution is -2.13. The highest BCUT2D eigenvalue weighted by Gasteiger charge is 2.11. The Kier molecular flexibility index (Phi) is 8.01. The minimum absolute atomic E-state index is 0.0673. The Bertz CT molecular complexity index is 975. The Labute approximate surface area is 183 Å². The summed E-state index contributed by atoms with van der Waals surface area (Å²) in [7, 11) is 1.65. The first kappa shape index (κ1) is 22.3. The molecule has 1 unspecified atom stereocenters. The largest absolute Gasteiger partial charge is 0.486 e. The number of hydrogen-bond acceptors (Lipinski definition) is 5. The van der Waals surface area contributed by atoms with Crippen LogP contribution < -0.4 is 14.8 Å². The third-order valence-electron chi connectivity index (χ3n) is 4.77. The molecule has 1 aromatic heterocycles. The van der Waals surface area contributed by atoms with Crippen LogP contribution in [0.5, 0.6) is 11.6 Å². The fourth-order valence-corrected chi connectivity index (χ4v) is 3.02. The number of amides is 1. The van der Waals surface area contributed by atoms with Crippen LogP contribution in [0.15, 0.2) is 66.9 Å². The second kappa shape index (κ2) is 11.1. The molecule has 0 saturated carbocycles. The lowest BCUT2D eigenvalue weighted by atomic mass is 10.1. The maximum absolute atomic E-state index is 12.6. The number of nitrogens with zero attached hydrogens (tertiary/aromatic N) is 1. The van der Waals surface area contributed by atoms with E-state index in [1.807, 2.05) is 62.4 Å². The summed E-state index contributed by atoms with van der Waals surface area (Å²) in [5.74, 6) is 1.01. The van der Waals surface area contributed by atoms with E-state index in [4.69, 9.17) is 14.2 Å². The summed E-state index contributed by atoms with van der Waals surface area (Å²) in [6.45, 7) is 5.10. The molecule has 162 valence electrons. The maximum atomic E-state index is 12.6. The average Bonchev–Trinajstić information content (AvgIpc) is 2.79. The molecule has 0 radical (unpaired) electrons. The molecule has 0 aliphatic carbocycles. The van der Waals surface area contributed by atoms with Gasteiger partial charge in [0, 0.05) is 38.1 Å². The topological polar surface area (TPSA) is 69.7 Å². The number of pyridine rings is 1. The second-order valence-corrected chi connectivity index (χ2v) is 7.18. The van der Waals surface area contributed by atoms with E-state index in [0.29, 0.717) is 24.7 Å². The summed E-state index contributed by atoms with van der Waals surface area (Å²) in [5.41, 5.74) is 3.21. The number of anilines is 1. The first-order valence-corrected chi connectivity index (χ1v) is 10.3. The number of aryl methyl sites for hydroxylation is 1. The van der Waals surface area contributed by atoms with Crippen LogP contribution in [-0.2, 0) is 4.74 Å². The first-order chi connectivity index (χ1) is 15.1. The fourth-order valence-electron chi connectivity index (χ4n) is 3.02. The molecule has 3 rings (SSSR count). The Hall–Kier alpha value is -3.38. The van der Waals surface area contributed by atoms with E-state index in [2.05, 4.69) is 10.3 Å². The van der Waals surface area contributed by atoms with Crippen LogP contribution >= 0.6 is 0 Å². The number of nitrogens with one attached hydrogen (secondary N) is 1. The third-order valence-corrected chi connectivity index (χ3v) is 4.77. The molecule has 2 aromatic carbocycles. The van der Waals surface area contributed by atoms with Gasteiger partial charge in [-0.15, -0.1) is 0 Å². The number of rotatable bonds is 10. The van der Waals surface area contributed by atoms with Gasteiger partial charge >= 0.3 is 0 Å². The maximum Gasteiger partial charge on any atom is 0.257 e. The third kappa shape index (κ3) is 6.55. The predicted molar refractivity (Wildman–Crippen MR) is 121 cm³/mol. The highest BCUT2D eigenvalue weighted by Crippen LogP contribution is 2.26. The lowest BCUT2D eigenvalue weighted by molar-refractivity contribution is 0.102. The Balaban J connectivity index is 1.57. The van der Waals surface area contributed by atoms with Gasteiger partial charge in [0.25, 0.3) is 5.91 Å². The minimum Gasteiger partial charge on any atom is -0.486 e. The number of carbonyl (C=O) groups is 1. The smallest absolute Gasteiger partial charge is 0.257 e. The molecule has 31 heavy (non-hydrogen) atoms. The van der Waals surface area contributed by atoms with Crippen LogP contribution in [0.3, 0.4) is 0 Å². The molecule has 0 aliphatic heterocycles. The summed E-state index contributed by atoms with van der Waals surface area (Å²) in [4.78, 5) is 16.8. The van der Waals surface area contributed by atoms with Gasteiger partial charge in [-0.25, -0.2) is 4.98 Å². The summed E-state index contributed by atoms with van der Waals surface area (Å²) < 4.78 is 16.5. The highest BCUT2D eigenvalue weighted by atomic mass is 16.5. The number of methoxy groups -OCH3 is 1. The molecule has 0 bridgehead atoms. The van der Waals surface area contributed by atoms with Crippen molar-refractivity contribution < 1.29 is 19.0 Å². The predicted octanol–water partition coefficient (Wildman–Crippen LogP) is 5.20. The lowest BCUT2D eigenvalue weighted by Gasteiger charge is -2.16. The monoisotopic (exact) mass is 420 g/mol. The van der Waals surface area contributed by atoms with Crippen molar-refractivity contribution in [3.63, 3.8) is 0 Å². The summed E-state index contributed by atoms with van der Waals surface area (Å²) in [6.07, 6.45) is 2.22. The van der Waals surface area contributed by atoms with Crippen molar-refractivity contribution in [2.24, 2.45) is 0 Å². The van der Waals surface area contributed by atoms with Crippen LogP contribution in [-0.4, -0.2) is 31.2 Å². The molecule has 0 fully saturated rings. The van der Waals surface area contributed by atoms with Crippen LogP contribution in [0.1, 0.15) is 40.9 Å². The molecule has 3 aromatic rings. The molecule has 0 aliphatic rings. The van der Waals surface area contributed by atoms with Gasteiger partial charge in [-0.05, 0) is 49.2 Å². The van der Waals surface area contributed by atoms with Crippen molar-refractivity contribution in [1.29, 1.82) is 0 Å². The van der Waals surface area contributed by atoms with Gasteiger partial charge < -0.3 is 19.5 Å². The zero-order valence-corrected chi connectivity index (χ0v) is 18.1. The molecule has 0 saturated heterocycles. The fraction of sp³-hybridized carbons (Fsp3) is 0.280. The number of hydrogen-bond donors (Lipinski definition) is 1. The van der Waals surface area contributed by atoms with Crippen molar-refractivity contribution in [3.8, 4) is 11.6 Å². The number of ether oxygens (including phenoxy) is 3. The molecule has 6 nitrogen and oxygen atoms in total. The summed E-state index contributed by atoms with van der Waals surface area (Å²) in [6, 6.07) is 19.1. The van der Waals surface area contributed by atoms with Crippen molar-refractivity contribution >= 4 is 11.6 Å². The molecule has 1 N–H and O–H groups in total. The number of benzene rings is 2. The average molecular weight is 421 g/mol. The number of carbonyl (C=O) groups excluding carboxylic acids is 1. The van der Waals surface area contributed by atoms with E-state index in [1.54, 1.807) is 19.2 Å². The van der Waals surface area contributed by atoms with Crippen LogP contribution in [0.2, 0.25) is 0 Å². The molecule has 0 spiro atoms. The molecule has 6 heteroatoms. The van der Waals surface area contributed by atoms with Gasteiger partial charge in [-0.1, -0.05) is 30.3 Å². The standard InChI is InChI=1S/C25H28N2O4/c1-18-16-22(31-19(2)20-8-5-4-6-9-20)11-12-23(18)27-25(28)21-10-13-24(26-17-21)30-15-7-14-29-3/h4-6,8-13,16-17,19H,7,14-15H2,1-3H3,(H,27,28). The Morgan fingerprint density at radius 1 is 1.06 bits per heavy atom. The van der Waals surface area contributed by atoms with Crippen molar-refractivity contribution in [2.45, 2.75) is 26.4 Å². The van der Waals surface area contributed by atoms with Crippen molar-refractivity contribution in [3.05, 3.63) is 83.6 Å². The van der Waals surface area contributed by atoms with Crippen molar-refractivity contribution in [2.75, 3.05) is 25.6 Å². The van der Waals surface area contributed by atoms with Crippen LogP contribution in [0.4, 0.5) is 5.69 Å². The molecule has 1 heterocycles. The van der Waals surface area contributed by atoms with E-state index in [-0.39, 0.29) is 12.0 Å². The normalized spacial score (nSPS) is 11.6. The van der Waals surface area contributed by atoms with Gasteiger partial charge in [0.05, 0.1) is 12.2 Å². The molecule has 1 amide bonds. The molecular formula is C25H28N2O4. The summed E-state index contributed by atoms with van der Waals surface area (Å²) >= 11 is 0. The zero-order chi connectivity index (χ0) is 22.1. The molecule has 1 atom stereocenters. The molecular weight excluding hydrogens is 392 g/mol. The minimum atomic E-state index is -0.229. The Morgan fingerprint density at radius 3 is 2.55 bits per heavy atom. The second-order valence-electron chi connectivity index (χ2n) is 7.18. The SMILES string of the molecule is COCCCOc1ccc(C(=O)Nc2ccc(OC(C)c3ccccc3)cc2C)cn1. The van der Waals surface area contributed by atoms with E-state index < -0.39 is 0 Å². The number of aromatic nitrogens is 1. The van der Waals surface area contributed by atoms with Crippen molar-refractivity contribution in [1.82, 2.24) is 4.98 Å². The van der Waals surface area contributed by atoms with Crippen LogP contribution in [0, 0.1) is 6.92 Å². The van der Waals surface area contributed by atoms with Gasteiger partial charge in [0.15, 0.2) is 0 Å².